The molecule has 0 aromatic heterocycles. The highest BCUT2D eigenvalue weighted by Crippen LogP contribution is 2.40. The van der Waals surface area contributed by atoms with E-state index in [1.807, 2.05) is 42.5 Å². The van der Waals surface area contributed by atoms with Crippen molar-refractivity contribution in [3.63, 3.8) is 0 Å². The normalized spacial score (nSPS) is 15.8. The summed E-state index contributed by atoms with van der Waals surface area (Å²) < 4.78 is 6.27. The molecule has 0 amide bonds. The number of halogens is 2. The Labute approximate surface area is 182 Å². The third kappa shape index (κ3) is 4.76. The van der Waals surface area contributed by atoms with E-state index in [9.17, 15) is 0 Å². The molecule has 4 rings (SSSR count). The first-order valence-electron chi connectivity index (χ1n) is 9.88. The van der Waals surface area contributed by atoms with E-state index in [0.717, 1.165) is 48.6 Å². The zero-order valence-electron chi connectivity index (χ0n) is 16.2. The van der Waals surface area contributed by atoms with Crippen LogP contribution in [0.5, 0.6) is 5.75 Å². The van der Waals surface area contributed by atoms with Gasteiger partial charge in [0, 0.05) is 31.7 Å². The largest absolute Gasteiger partial charge is 0.489 e. The van der Waals surface area contributed by atoms with Crippen molar-refractivity contribution in [3.05, 3.63) is 99.5 Å². The Morgan fingerprint density at radius 1 is 0.828 bits per heavy atom. The van der Waals surface area contributed by atoms with Crippen LogP contribution in [0.2, 0.25) is 10.0 Å². The minimum atomic E-state index is -0.0183. The van der Waals surface area contributed by atoms with Gasteiger partial charge >= 0.3 is 0 Å². The minimum Gasteiger partial charge on any atom is -0.489 e. The number of rotatable bonds is 6. The molecule has 1 saturated heterocycles. The number of piperazine rings is 1. The van der Waals surface area contributed by atoms with Crippen LogP contribution in [0.1, 0.15) is 22.7 Å². The van der Waals surface area contributed by atoms with E-state index < -0.39 is 0 Å². The molecule has 0 spiro atoms. The second kappa shape index (κ2) is 9.64. The van der Waals surface area contributed by atoms with Gasteiger partial charge in [-0.25, -0.2) is 0 Å². The maximum Gasteiger partial charge on any atom is 0.124 e. The maximum absolute atomic E-state index is 6.67. The van der Waals surface area contributed by atoms with E-state index in [1.165, 1.54) is 0 Å². The van der Waals surface area contributed by atoms with Gasteiger partial charge in [-0.3, -0.25) is 4.90 Å². The fraction of sp³-hybridized carbons (Fsp3) is 0.250. The van der Waals surface area contributed by atoms with Crippen molar-refractivity contribution in [2.45, 2.75) is 12.6 Å². The van der Waals surface area contributed by atoms with E-state index in [1.54, 1.807) is 0 Å². The number of hydrogen-bond donors (Lipinski definition) is 1. The minimum absolute atomic E-state index is 0.0183. The fourth-order valence-corrected chi connectivity index (χ4v) is 4.22. The molecule has 29 heavy (non-hydrogen) atoms. The molecular formula is C24H24Cl2N2O. The molecule has 3 nitrogen and oxygen atoms in total. The van der Waals surface area contributed by atoms with Gasteiger partial charge in [0.2, 0.25) is 0 Å². The van der Waals surface area contributed by atoms with Crippen LogP contribution in [-0.2, 0) is 6.61 Å². The van der Waals surface area contributed by atoms with Crippen LogP contribution in [0.15, 0.2) is 72.8 Å². The Balaban J connectivity index is 1.71. The standard InChI is InChI=1S/C24H24Cl2N2O/c25-21-11-6-10-20(23(21)26)24(28-15-13-27-14-16-28)19-9-4-5-12-22(19)29-17-18-7-2-1-3-8-18/h1-12,24,27H,13-17H2. The topological polar surface area (TPSA) is 24.5 Å². The molecule has 150 valence electrons. The number of nitrogens with one attached hydrogen (secondary N) is 1. The molecule has 0 saturated carbocycles. The van der Waals surface area contributed by atoms with Crippen LogP contribution in [0.25, 0.3) is 0 Å². The summed E-state index contributed by atoms with van der Waals surface area (Å²) in [6.07, 6.45) is 0. The third-order valence-electron chi connectivity index (χ3n) is 5.24. The van der Waals surface area contributed by atoms with Crippen molar-refractivity contribution in [1.82, 2.24) is 10.2 Å². The summed E-state index contributed by atoms with van der Waals surface area (Å²) in [4.78, 5) is 2.44. The number of para-hydroxylation sites is 1. The molecule has 1 heterocycles. The highest BCUT2D eigenvalue weighted by atomic mass is 35.5. The number of ether oxygens (including phenoxy) is 1. The highest BCUT2D eigenvalue weighted by molar-refractivity contribution is 6.42. The second-order valence-corrected chi connectivity index (χ2v) is 7.93. The van der Waals surface area contributed by atoms with E-state index in [4.69, 9.17) is 27.9 Å². The van der Waals surface area contributed by atoms with Gasteiger partial charge < -0.3 is 10.1 Å². The molecule has 0 bridgehead atoms. The lowest BCUT2D eigenvalue weighted by atomic mass is 9.95. The van der Waals surface area contributed by atoms with E-state index in [-0.39, 0.29) is 6.04 Å². The van der Waals surface area contributed by atoms with E-state index >= 15 is 0 Å². The summed E-state index contributed by atoms with van der Waals surface area (Å²) >= 11 is 13.0. The summed E-state index contributed by atoms with van der Waals surface area (Å²) in [5, 5.41) is 4.61. The summed E-state index contributed by atoms with van der Waals surface area (Å²) in [6, 6.07) is 24.3. The van der Waals surface area contributed by atoms with Crippen molar-refractivity contribution in [2.75, 3.05) is 26.2 Å². The quantitative estimate of drug-likeness (QED) is 0.557. The van der Waals surface area contributed by atoms with Gasteiger partial charge in [0.15, 0.2) is 0 Å². The van der Waals surface area contributed by atoms with Crippen LogP contribution < -0.4 is 10.1 Å². The smallest absolute Gasteiger partial charge is 0.124 e. The Bertz CT molecular complexity index is 943. The first-order chi connectivity index (χ1) is 14.2. The number of benzene rings is 3. The summed E-state index contributed by atoms with van der Waals surface area (Å²) in [5.74, 6) is 0.871. The number of hydrogen-bond acceptors (Lipinski definition) is 3. The first-order valence-corrected chi connectivity index (χ1v) is 10.6. The molecule has 1 atom stereocenters. The zero-order chi connectivity index (χ0) is 20.1. The van der Waals surface area contributed by atoms with Crippen LogP contribution in [-0.4, -0.2) is 31.1 Å². The van der Waals surface area contributed by atoms with Crippen LogP contribution in [0.4, 0.5) is 0 Å². The molecule has 5 heteroatoms. The van der Waals surface area contributed by atoms with Gasteiger partial charge in [-0.2, -0.15) is 0 Å². The summed E-state index contributed by atoms with van der Waals surface area (Å²) in [7, 11) is 0. The predicted octanol–water partition coefficient (Wildman–Crippen LogP) is 5.57. The summed E-state index contributed by atoms with van der Waals surface area (Å²) in [6.45, 7) is 4.28. The lowest BCUT2D eigenvalue weighted by molar-refractivity contribution is 0.193. The Morgan fingerprint density at radius 3 is 2.31 bits per heavy atom. The molecular weight excluding hydrogens is 403 g/mol. The van der Waals surface area contributed by atoms with Crippen LogP contribution in [0, 0.1) is 0 Å². The molecule has 1 aliphatic heterocycles. The lowest BCUT2D eigenvalue weighted by Crippen LogP contribution is -2.45. The average molecular weight is 427 g/mol. The summed E-state index contributed by atoms with van der Waals surface area (Å²) in [5.41, 5.74) is 3.26. The predicted molar refractivity (Wildman–Crippen MR) is 120 cm³/mol. The van der Waals surface area contributed by atoms with Crippen molar-refractivity contribution < 1.29 is 4.74 Å². The molecule has 0 radical (unpaired) electrons. The van der Waals surface area contributed by atoms with E-state index in [0.29, 0.717) is 16.7 Å². The second-order valence-electron chi connectivity index (χ2n) is 7.14. The van der Waals surface area contributed by atoms with Gasteiger partial charge in [-0.05, 0) is 23.3 Å². The van der Waals surface area contributed by atoms with Gasteiger partial charge in [-0.15, -0.1) is 0 Å². The van der Waals surface area contributed by atoms with Crippen LogP contribution >= 0.6 is 23.2 Å². The van der Waals surface area contributed by atoms with Crippen molar-refractivity contribution in [1.29, 1.82) is 0 Å². The first kappa shape index (κ1) is 20.2. The molecule has 0 aliphatic carbocycles. The Kier molecular flexibility index (Phi) is 6.73. The van der Waals surface area contributed by atoms with Crippen LogP contribution in [0.3, 0.4) is 0 Å². The van der Waals surface area contributed by atoms with Gasteiger partial charge in [-0.1, -0.05) is 83.9 Å². The number of nitrogens with zero attached hydrogens (tertiary/aromatic N) is 1. The molecule has 1 N–H and O–H groups in total. The molecule has 1 unspecified atom stereocenters. The highest BCUT2D eigenvalue weighted by Gasteiger charge is 2.28. The average Bonchev–Trinajstić information content (AvgIpc) is 2.78. The van der Waals surface area contributed by atoms with Crippen molar-refractivity contribution in [2.24, 2.45) is 0 Å². The Hall–Kier alpha value is -2.04. The molecule has 1 fully saturated rings. The molecule has 3 aromatic carbocycles. The Morgan fingerprint density at radius 2 is 1.52 bits per heavy atom. The molecule has 3 aromatic rings. The zero-order valence-corrected chi connectivity index (χ0v) is 17.7. The fourth-order valence-electron chi connectivity index (χ4n) is 3.81. The monoisotopic (exact) mass is 426 g/mol. The third-order valence-corrected chi connectivity index (χ3v) is 6.08. The lowest BCUT2D eigenvalue weighted by Gasteiger charge is -2.36. The van der Waals surface area contributed by atoms with Crippen molar-refractivity contribution in [3.8, 4) is 5.75 Å². The maximum atomic E-state index is 6.67. The van der Waals surface area contributed by atoms with Gasteiger partial charge in [0.1, 0.15) is 12.4 Å². The van der Waals surface area contributed by atoms with Crippen molar-refractivity contribution >= 4 is 23.2 Å². The molecule has 1 aliphatic rings. The van der Waals surface area contributed by atoms with Gasteiger partial charge in [0.25, 0.3) is 0 Å². The SMILES string of the molecule is Clc1cccc(C(c2ccccc2OCc2ccccc2)N2CCNCC2)c1Cl. The van der Waals surface area contributed by atoms with Gasteiger partial charge in [0.05, 0.1) is 16.1 Å². The van der Waals surface area contributed by atoms with E-state index in [2.05, 4.69) is 40.5 Å².